The van der Waals surface area contributed by atoms with Gasteiger partial charge >= 0.3 is 5.97 Å². The molecule has 7 heteroatoms. The monoisotopic (exact) mass is 362 g/mol. The van der Waals surface area contributed by atoms with Crippen molar-refractivity contribution in [3.05, 3.63) is 35.4 Å². The number of amides is 2. The Morgan fingerprint density at radius 1 is 1.08 bits per heavy atom. The van der Waals surface area contributed by atoms with Crippen molar-refractivity contribution >= 4 is 17.8 Å². The van der Waals surface area contributed by atoms with Crippen LogP contribution in [0.15, 0.2) is 24.3 Å². The summed E-state index contributed by atoms with van der Waals surface area (Å²) >= 11 is 0. The molecule has 0 spiro atoms. The van der Waals surface area contributed by atoms with Crippen LogP contribution >= 0.6 is 0 Å². The van der Waals surface area contributed by atoms with Crippen LogP contribution in [-0.2, 0) is 9.53 Å². The van der Waals surface area contributed by atoms with E-state index in [1.807, 2.05) is 13.8 Å². The topological polar surface area (TPSA) is 95.9 Å². The number of rotatable bonds is 7. The Morgan fingerprint density at radius 3 is 2.12 bits per heavy atom. The molecular formula is C19H26N2O5. The van der Waals surface area contributed by atoms with Crippen LogP contribution in [0.3, 0.4) is 0 Å². The second-order valence-corrected chi connectivity index (χ2v) is 6.47. The van der Waals surface area contributed by atoms with Crippen LogP contribution in [0.5, 0.6) is 0 Å². The van der Waals surface area contributed by atoms with Crippen molar-refractivity contribution in [3.8, 4) is 0 Å². The van der Waals surface area contributed by atoms with Gasteiger partial charge in [-0.15, -0.1) is 0 Å². The molecule has 1 aliphatic heterocycles. The highest BCUT2D eigenvalue weighted by atomic mass is 16.5. The predicted molar refractivity (Wildman–Crippen MR) is 96.2 cm³/mol. The number of carboxylic acids is 1. The smallest absolute Gasteiger partial charge is 0.305 e. The molecular weight excluding hydrogens is 336 g/mol. The number of hydrogen-bond donors (Lipinski definition) is 2. The summed E-state index contributed by atoms with van der Waals surface area (Å²) in [5.41, 5.74) is 0.130. The number of carboxylic acid groups (broad SMARTS) is 1. The van der Waals surface area contributed by atoms with E-state index in [0.717, 1.165) is 0 Å². The van der Waals surface area contributed by atoms with Crippen LogP contribution in [-0.4, -0.2) is 59.6 Å². The first kappa shape index (κ1) is 19.9. The van der Waals surface area contributed by atoms with E-state index >= 15 is 0 Å². The van der Waals surface area contributed by atoms with Crippen molar-refractivity contribution < 1.29 is 24.2 Å². The van der Waals surface area contributed by atoms with E-state index in [1.165, 1.54) is 0 Å². The fourth-order valence-electron chi connectivity index (χ4n) is 3.17. The molecule has 142 valence electrons. The Bertz CT molecular complexity index is 646. The molecule has 0 unspecified atom stereocenters. The molecule has 26 heavy (non-hydrogen) atoms. The van der Waals surface area contributed by atoms with Gasteiger partial charge in [0.1, 0.15) is 0 Å². The first-order valence-electron chi connectivity index (χ1n) is 8.92. The maximum absolute atomic E-state index is 12.6. The Morgan fingerprint density at radius 2 is 1.62 bits per heavy atom. The van der Waals surface area contributed by atoms with Gasteiger partial charge in [0.15, 0.2) is 0 Å². The van der Waals surface area contributed by atoms with Crippen LogP contribution in [0.25, 0.3) is 0 Å². The summed E-state index contributed by atoms with van der Waals surface area (Å²) < 4.78 is 5.29. The Kier molecular flexibility index (Phi) is 6.74. The zero-order valence-electron chi connectivity index (χ0n) is 15.3. The van der Waals surface area contributed by atoms with Crippen molar-refractivity contribution in [1.82, 2.24) is 10.2 Å². The molecule has 1 aromatic rings. The minimum absolute atomic E-state index is 0.0752. The van der Waals surface area contributed by atoms with E-state index < -0.39 is 11.5 Å². The molecule has 7 nitrogen and oxygen atoms in total. The molecule has 2 amide bonds. The molecule has 1 aliphatic rings. The summed E-state index contributed by atoms with van der Waals surface area (Å²) in [4.78, 5) is 37.8. The standard InChI is InChI=1S/C19H26N2O5/c1-3-21(4-2)18(25)15-7-5-14(6-8-15)17(24)20-19(13-16(22)23)9-11-26-12-10-19/h5-8H,3-4,9-13H2,1-2H3,(H,20,24)(H,22,23). The van der Waals surface area contributed by atoms with E-state index in [1.54, 1.807) is 29.2 Å². The van der Waals surface area contributed by atoms with E-state index in [0.29, 0.717) is 50.3 Å². The lowest BCUT2D eigenvalue weighted by Gasteiger charge is -2.36. The highest BCUT2D eigenvalue weighted by Gasteiger charge is 2.36. The molecule has 0 bridgehead atoms. The number of aliphatic carboxylic acids is 1. The molecule has 0 aliphatic carbocycles. The Labute approximate surface area is 153 Å². The molecule has 0 saturated carbocycles. The largest absolute Gasteiger partial charge is 0.481 e. The van der Waals surface area contributed by atoms with Gasteiger partial charge in [-0.25, -0.2) is 0 Å². The van der Waals surface area contributed by atoms with Crippen molar-refractivity contribution in [1.29, 1.82) is 0 Å². The first-order valence-corrected chi connectivity index (χ1v) is 8.92. The minimum atomic E-state index is -0.952. The Balaban J connectivity index is 2.11. The molecule has 2 N–H and O–H groups in total. The fourth-order valence-corrected chi connectivity index (χ4v) is 3.17. The highest BCUT2D eigenvalue weighted by Crippen LogP contribution is 2.25. The fraction of sp³-hybridized carbons (Fsp3) is 0.526. The second kappa shape index (κ2) is 8.80. The van der Waals surface area contributed by atoms with Crippen LogP contribution < -0.4 is 5.32 Å². The first-order chi connectivity index (χ1) is 12.4. The Hall–Kier alpha value is -2.41. The number of benzene rings is 1. The zero-order valence-corrected chi connectivity index (χ0v) is 15.3. The molecule has 2 rings (SSSR count). The number of carbonyl (C=O) groups excluding carboxylic acids is 2. The predicted octanol–water partition coefficient (Wildman–Crippen LogP) is 1.92. The lowest BCUT2D eigenvalue weighted by Crippen LogP contribution is -2.53. The summed E-state index contributed by atoms with van der Waals surface area (Å²) in [6, 6.07) is 6.45. The average molecular weight is 362 g/mol. The van der Waals surface area contributed by atoms with Crippen LogP contribution in [0.2, 0.25) is 0 Å². The molecule has 0 radical (unpaired) electrons. The highest BCUT2D eigenvalue weighted by molar-refractivity contribution is 5.98. The maximum Gasteiger partial charge on any atom is 0.305 e. The van der Waals surface area contributed by atoms with Crippen molar-refractivity contribution in [3.63, 3.8) is 0 Å². The van der Waals surface area contributed by atoms with E-state index in [4.69, 9.17) is 4.74 Å². The number of nitrogens with zero attached hydrogens (tertiary/aromatic N) is 1. The number of nitrogens with one attached hydrogen (secondary N) is 1. The van der Waals surface area contributed by atoms with Gasteiger partial charge in [0, 0.05) is 37.4 Å². The van der Waals surface area contributed by atoms with E-state index in [2.05, 4.69) is 5.32 Å². The molecule has 1 heterocycles. The van der Waals surface area contributed by atoms with Gasteiger partial charge in [0.2, 0.25) is 0 Å². The van der Waals surface area contributed by atoms with Gasteiger partial charge in [-0.3, -0.25) is 14.4 Å². The maximum atomic E-state index is 12.6. The van der Waals surface area contributed by atoms with Crippen LogP contribution in [0.4, 0.5) is 0 Å². The number of hydrogen-bond acceptors (Lipinski definition) is 4. The number of ether oxygens (including phenoxy) is 1. The van der Waals surface area contributed by atoms with Gasteiger partial charge in [-0.2, -0.15) is 0 Å². The minimum Gasteiger partial charge on any atom is -0.481 e. The summed E-state index contributed by atoms with van der Waals surface area (Å²) in [6.07, 6.45) is 0.785. The molecule has 1 aromatic carbocycles. The molecule has 0 aromatic heterocycles. The molecule has 1 fully saturated rings. The van der Waals surface area contributed by atoms with E-state index in [-0.39, 0.29) is 18.2 Å². The second-order valence-electron chi connectivity index (χ2n) is 6.47. The van der Waals surface area contributed by atoms with Crippen molar-refractivity contribution in [2.45, 2.75) is 38.6 Å². The molecule has 1 saturated heterocycles. The SMILES string of the molecule is CCN(CC)C(=O)c1ccc(C(=O)NC2(CC(=O)O)CCOCC2)cc1. The summed E-state index contributed by atoms with van der Waals surface area (Å²) in [7, 11) is 0. The third-order valence-electron chi connectivity index (χ3n) is 4.76. The van der Waals surface area contributed by atoms with Crippen molar-refractivity contribution in [2.75, 3.05) is 26.3 Å². The van der Waals surface area contributed by atoms with Gasteiger partial charge in [-0.1, -0.05) is 0 Å². The lowest BCUT2D eigenvalue weighted by atomic mass is 9.86. The van der Waals surface area contributed by atoms with Gasteiger partial charge < -0.3 is 20.1 Å². The van der Waals surface area contributed by atoms with Gasteiger partial charge in [-0.05, 0) is 51.0 Å². The third-order valence-corrected chi connectivity index (χ3v) is 4.76. The van der Waals surface area contributed by atoms with Crippen LogP contribution in [0, 0.1) is 0 Å². The van der Waals surface area contributed by atoms with Gasteiger partial charge in [0.25, 0.3) is 11.8 Å². The third kappa shape index (κ3) is 4.82. The number of carbonyl (C=O) groups is 3. The van der Waals surface area contributed by atoms with Crippen LogP contribution in [0.1, 0.15) is 53.8 Å². The lowest BCUT2D eigenvalue weighted by molar-refractivity contribution is -0.139. The average Bonchev–Trinajstić information content (AvgIpc) is 2.62. The van der Waals surface area contributed by atoms with Crippen molar-refractivity contribution in [2.24, 2.45) is 0 Å². The molecule has 0 atom stereocenters. The zero-order chi connectivity index (χ0) is 19.2. The summed E-state index contributed by atoms with van der Waals surface area (Å²) in [6.45, 7) is 5.92. The van der Waals surface area contributed by atoms with E-state index in [9.17, 15) is 19.5 Å². The summed E-state index contributed by atoms with van der Waals surface area (Å²) in [5.74, 6) is -1.36. The quantitative estimate of drug-likeness (QED) is 0.773. The summed E-state index contributed by atoms with van der Waals surface area (Å²) in [5, 5.41) is 12.1. The van der Waals surface area contributed by atoms with Gasteiger partial charge in [0.05, 0.1) is 12.0 Å². The normalized spacial score (nSPS) is 15.9.